The Balaban J connectivity index is 1.97. The maximum atomic E-state index is 11.8. The van der Waals surface area contributed by atoms with Gasteiger partial charge >= 0.3 is 0 Å². The number of amides is 1. The van der Waals surface area contributed by atoms with Gasteiger partial charge in [-0.15, -0.1) is 5.10 Å². The van der Waals surface area contributed by atoms with Crippen LogP contribution in [0, 0.1) is 17.2 Å². The molecule has 0 spiro atoms. The van der Waals surface area contributed by atoms with E-state index in [-0.39, 0.29) is 11.8 Å². The molecule has 2 heterocycles. The zero-order chi connectivity index (χ0) is 10.7. The number of piperidine rings is 1. The molecule has 2 rings (SSSR count). The van der Waals surface area contributed by atoms with Crippen LogP contribution < -0.4 is 0 Å². The Morgan fingerprint density at radius 1 is 1.60 bits per heavy atom. The van der Waals surface area contributed by atoms with E-state index in [9.17, 15) is 4.79 Å². The van der Waals surface area contributed by atoms with Crippen molar-refractivity contribution in [3.05, 3.63) is 11.1 Å². The first-order valence-corrected chi connectivity index (χ1v) is 5.55. The molecule has 0 atom stereocenters. The fraction of sp³-hybridized carbons (Fsp3) is 0.556. The highest BCUT2D eigenvalue weighted by Crippen LogP contribution is 2.18. The van der Waals surface area contributed by atoms with Crippen molar-refractivity contribution in [2.45, 2.75) is 12.8 Å². The first-order chi connectivity index (χ1) is 7.31. The highest BCUT2D eigenvalue weighted by Gasteiger charge is 2.24. The summed E-state index contributed by atoms with van der Waals surface area (Å²) in [6.07, 6.45) is 3.03. The predicted octanol–water partition coefficient (Wildman–Crippen LogP) is 0.914. The second-order valence-electron chi connectivity index (χ2n) is 3.48. The molecule has 1 amide bonds. The van der Waals surface area contributed by atoms with E-state index in [0.29, 0.717) is 18.0 Å². The second kappa shape index (κ2) is 4.36. The third-order valence-electron chi connectivity index (χ3n) is 2.54. The molecule has 0 aromatic carbocycles. The van der Waals surface area contributed by atoms with E-state index in [1.807, 2.05) is 0 Å². The van der Waals surface area contributed by atoms with Crippen molar-refractivity contribution < 1.29 is 4.79 Å². The van der Waals surface area contributed by atoms with Gasteiger partial charge in [-0.05, 0) is 24.4 Å². The standard InChI is InChI=1S/C9H10N4OS/c10-5-7-1-3-13(4-2-7)9(14)8-6-11-12-15-8/h6-7H,1-4H2. The van der Waals surface area contributed by atoms with Crippen LogP contribution in [-0.2, 0) is 0 Å². The Morgan fingerprint density at radius 3 is 2.87 bits per heavy atom. The summed E-state index contributed by atoms with van der Waals surface area (Å²) in [7, 11) is 0. The molecule has 78 valence electrons. The van der Waals surface area contributed by atoms with E-state index in [1.165, 1.54) is 6.20 Å². The number of nitriles is 1. The molecule has 1 aliphatic heterocycles. The molecular formula is C9H10N4OS. The van der Waals surface area contributed by atoms with Crippen LogP contribution in [0.3, 0.4) is 0 Å². The minimum Gasteiger partial charge on any atom is -0.338 e. The van der Waals surface area contributed by atoms with Crippen molar-refractivity contribution in [1.82, 2.24) is 14.5 Å². The van der Waals surface area contributed by atoms with Gasteiger partial charge < -0.3 is 4.90 Å². The van der Waals surface area contributed by atoms with Gasteiger partial charge in [0.2, 0.25) is 0 Å². The van der Waals surface area contributed by atoms with Crippen LogP contribution in [0.4, 0.5) is 0 Å². The predicted molar refractivity (Wildman–Crippen MR) is 54.1 cm³/mol. The largest absolute Gasteiger partial charge is 0.338 e. The van der Waals surface area contributed by atoms with E-state index in [1.54, 1.807) is 4.90 Å². The van der Waals surface area contributed by atoms with Crippen LogP contribution in [0.2, 0.25) is 0 Å². The number of aromatic nitrogens is 2. The molecule has 6 heteroatoms. The molecule has 0 N–H and O–H groups in total. The fourth-order valence-electron chi connectivity index (χ4n) is 1.63. The quantitative estimate of drug-likeness (QED) is 0.708. The summed E-state index contributed by atoms with van der Waals surface area (Å²) in [5, 5.41) is 12.4. The molecule has 1 aromatic rings. The van der Waals surface area contributed by atoms with Crippen LogP contribution in [0.1, 0.15) is 22.5 Å². The van der Waals surface area contributed by atoms with Crippen molar-refractivity contribution in [2.24, 2.45) is 5.92 Å². The molecule has 15 heavy (non-hydrogen) atoms. The Labute approximate surface area is 91.5 Å². The number of likely N-dealkylation sites (tertiary alicyclic amines) is 1. The maximum Gasteiger partial charge on any atom is 0.267 e. The van der Waals surface area contributed by atoms with Crippen molar-refractivity contribution >= 4 is 17.4 Å². The van der Waals surface area contributed by atoms with Crippen molar-refractivity contribution in [3.63, 3.8) is 0 Å². The summed E-state index contributed by atoms with van der Waals surface area (Å²) >= 11 is 1.11. The fourth-order valence-corrected chi connectivity index (χ4v) is 2.11. The Morgan fingerprint density at radius 2 is 2.33 bits per heavy atom. The minimum atomic E-state index is -0.0126. The van der Waals surface area contributed by atoms with E-state index < -0.39 is 0 Å². The number of nitrogens with zero attached hydrogens (tertiary/aromatic N) is 4. The molecular weight excluding hydrogens is 212 g/mol. The minimum absolute atomic E-state index is 0.0126. The van der Waals surface area contributed by atoms with E-state index in [0.717, 1.165) is 24.4 Å². The monoisotopic (exact) mass is 222 g/mol. The zero-order valence-corrected chi connectivity index (χ0v) is 8.90. The molecule has 0 unspecified atom stereocenters. The third-order valence-corrected chi connectivity index (χ3v) is 3.19. The van der Waals surface area contributed by atoms with Gasteiger partial charge in [0.1, 0.15) is 4.88 Å². The lowest BCUT2D eigenvalue weighted by Gasteiger charge is -2.28. The molecule has 0 radical (unpaired) electrons. The highest BCUT2D eigenvalue weighted by molar-refractivity contribution is 7.07. The lowest BCUT2D eigenvalue weighted by atomic mass is 9.98. The Kier molecular flexibility index (Phi) is 2.92. The van der Waals surface area contributed by atoms with E-state index in [4.69, 9.17) is 5.26 Å². The van der Waals surface area contributed by atoms with Crippen molar-refractivity contribution in [2.75, 3.05) is 13.1 Å². The second-order valence-corrected chi connectivity index (χ2v) is 4.26. The van der Waals surface area contributed by atoms with Crippen molar-refractivity contribution in [3.8, 4) is 6.07 Å². The van der Waals surface area contributed by atoms with Gasteiger partial charge in [0.15, 0.2) is 0 Å². The average molecular weight is 222 g/mol. The Hall–Kier alpha value is -1.48. The van der Waals surface area contributed by atoms with Crippen LogP contribution >= 0.6 is 11.5 Å². The third kappa shape index (κ3) is 2.13. The Bertz CT molecular complexity index is 375. The van der Waals surface area contributed by atoms with E-state index in [2.05, 4.69) is 15.7 Å². The highest BCUT2D eigenvalue weighted by atomic mass is 32.1. The topological polar surface area (TPSA) is 69.9 Å². The molecule has 0 aliphatic carbocycles. The molecule has 5 nitrogen and oxygen atoms in total. The van der Waals surface area contributed by atoms with Crippen LogP contribution in [0.5, 0.6) is 0 Å². The van der Waals surface area contributed by atoms with Crippen LogP contribution in [0.25, 0.3) is 0 Å². The van der Waals surface area contributed by atoms with Gasteiger partial charge in [0, 0.05) is 19.0 Å². The maximum absolute atomic E-state index is 11.8. The summed E-state index contributed by atoms with van der Waals surface area (Å²) in [5.41, 5.74) is 0. The number of hydrogen-bond acceptors (Lipinski definition) is 5. The number of rotatable bonds is 1. The molecule has 1 aromatic heterocycles. The summed E-state index contributed by atoms with van der Waals surface area (Å²) < 4.78 is 3.66. The molecule has 1 saturated heterocycles. The summed E-state index contributed by atoms with van der Waals surface area (Å²) in [4.78, 5) is 14.2. The molecule has 1 fully saturated rings. The van der Waals surface area contributed by atoms with Gasteiger partial charge in [0.05, 0.1) is 12.3 Å². The number of carbonyl (C=O) groups excluding carboxylic acids is 1. The first kappa shape index (κ1) is 10.1. The molecule has 1 aliphatic rings. The summed E-state index contributed by atoms with van der Waals surface area (Å²) in [6, 6.07) is 2.24. The van der Waals surface area contributed by atoms with Gasteiger partial charge in [-0.3, -0.25) is 4.79 Å². The lowest BCUT2D eigenvalue weighted by Crippen LogP contribution is -2.37. The normalized spacial score (nSPS) is 17.4. The summed E-state index contributed by atoms with van der Waals surface area (Å²) in [5.74, 6) is 0.0926. The van der Waals surface area contributed by atoms with Crippen LogP contribution in [-0.4, -0.2) is 33.5 Å². The van der Waals surface area contributed by atoms with E-state index >= 15 is 0 Å². The lowest BCUT2D eigenvalue weighted by molar-refractivity contribution is 0.0712. The van der Waals surface area contributed by atoms with Crippen molar-refractivity contribution in [1.29, 1.82) is 5.26 Å². The van der Waals surface area contributed by atoms with Gasteiger partial charge in [-0.1, -0.05) is 4.49 Å². The van der Waals surface area contributed by atoms with Gasteiger partial charge in [-0.2, -0.15) is 5.26 Å². The average Bonchev–Trinajstić information content (AvgIpc) is 2.82. The van der Waals surface area contributed by atoms with Gasteiger partial charge in [0.25, 0.3) is 5.91 Å². The number of hydrogen-bond donors (Lipinski definition) is 0. The SMILES string of the molecule is N#CC1CCN(C(=O)c2cnns2)CC1. The first-order valence-electron chi connectivity index (χ1n) is 4.77. The molecule has 0 bridgehead atoms. The summed E-state index contributed by atoms with van der Waals surface area (Å²) in [6.45, 7) is 1.32. The number of carbonyl (C=O) groups is 1. The van der Waals surface area contributed by atoms with Gasteiger partial charge in [-0.25, -0.2) is 0 Å². The van der Waals surface area contributed by atoms with Crippen LogP contribution in [0.15, 0.2) is 6.20 Å². The smallest absolute Gasteiger partial charge is 0.267 e. The zero-order valence-electron chi connectivity index (χ0n) is 8.09. The molecule has 0 saturated carbocycles.